The highest BCUT2D eigenvalue weighted by molar-refractivity contribution is 7.99. The molecule has 0 saturated carbocycles. The van der Waals surface area contributed by atoms with Crippen molar-refractivity contribution in [3.05, 3.63) is 30.4 Å². The molecule has 0 fully saturated rings. The van der Waals surface area contributed by atoms with Gasteiger partial charge in [-0.25, -0.2) is 19.9 Å². The Kier molecular flexibility index (Phi) is 3.40. The van der Waals surface area contributed by atoms with Crippen LogP contribution >= 0.6 is 11.8 Å². The third kappa shape index (κ3) is 2.16. The second kappa shape index (κ2) is 5.20. The van der Waals surface area contributed by atoms with Gasteiger partial charge in [0.05, 0.1) is 5.56 Å². The number of hydrogen-bond acceptors (Lipinski definition) is 5. The van der Waals surface area contributed by atoms with Crippen LogP contribution in [-0.4, -0.2) is 30.3 Å². The van der Waals surface area contributed by atoms with Crippen LogP contribution in [0, 0.1) is 6.92 Å². The van der Waals surface area contributed by atoms with Gasteiger partial charge in [0.25, 0.3) is 0 Å². The van der Waals surface area contributed by atoms with Gasteiger partial charge in [-0.05, 0) is 24.3 Å². The fourth-order valence-electron chi connectivity index (χ4n) is 2.14. The number of thioether (sulfide) groups is 1. The molecule has 3 heterocycles. The highest BCUT2D eigenvalue weighted by Gasteiger charge is 2.15. The van der Waals surface area contributed by atoms with Gasteiger partial charge in [-0.3, -0.25) is 0 Å². The van der Waals surface area contributed by atoms with Gasteiger partial charge in [0.1, 0.15) is 22.7 Å². The van der Waals surface area contributed by atoms with E-state index in [1.54, 1.807) is 18.1 Å². The molecule has 0 spiro atoms. The van der Waals surface area contributed by atoms with Crippen molar-refractivity contribution in [1.29, 1.82) is 0 Å². The van der Waals surface area contributed by atoms with E-state index in [9.17, 15) is 0 Å². The van der Waals surface area contributed by atoms with Crippen molar-refractivity contribution in [3.8, 4) is 11.4 Å². The minimum absolute atomic E-state index is 0.856. The van der Waals surface area contributed by atoms with E-state index in [2.05, 4.69) is 21.9 Å². The van der Waals surface area contributed by atoms with Crippen molar-refractivity contribution in [3.63, 3.8) is 0 Å². The van der Waals surface area contributed by atoms with E-state index in [4.69, 9.17) is 4.98 Å². The predicted molar refractivity (Wildman–Crippen MR) is 80.7 cm³/mol. The molecule has 0 radical (unpaired) electrons. The van der Waals surface area contributed by atoms with Crippen LogP contribution in [0.4, 0.5) is 0 Å². The lowest BCUT2D eigenvalue weighted by Gasteiger charge is -2.06. The molecule has 20 heavy (non-hydrogen) atoms. The molecular weight excluding hydrogens is 270 g/mol. The number of fused-ring (bicyclic) bond motifs is 1. The first kappa shape index (κ1) is 13.1. The maximum absolute atomic E-state index is 4.69. The minimum Gasteiger partial charge on any atom is -0.312 e. The number of pyridine rings is 1. The molecular formula is C14H15N5S. The lowest BCUT2D eigenvalue weighted by atomic mass is 10.3. The molecule has 3 aromatic rings. The Morgan fingerprint density at radius 2 is 2.10 bits per heavy atom. The van der Waals surface area contributed by atoms with Crippen LogP contribution in [0.15, 0.2) is 29.8 Å². The summed E-state index contributed by atoms with van der Waals surface area (Å²) in [6, 6.07) is 2.04. The molecule has 0 bridgehead atoms. The van der Waals surface area contributed by atoms with Crippen LogP contribution in [0.25, 0.3) is 22.6 Å². The summed E-state index contributed by atoms with van der Waals surface area (Å²) < 4.78 is 1.99. The number of aromatic nitrogens is 5. The first-order valence-electron chi connectivity index (χ1n) is 6.43. The predicted octanol–water partition coefficient (Wildman–Crippen LogP) is 2.85. The Morgan fingerprint density at radius 3 is 2.90 bits per heavy atom. The summed E-state index contributed by atoms with van der Waals surface area (Å²) in [5.41, 5.74) is 3.84. The maximum Gasteiger partial charge on any atom is 0.160 e. The fourth-order valence-corrected chi connectivity index (χ4v) is 2.84. The molecule has 5 nitrogen and oxygen atoms in total. The maximum atomic E-state index is 4.69. The molecule has 6 heteroatoms. The molecule has 0 aliphatic rings. The van der Waals surface area contributed by atoms with E-state index in [-0.39, 0.29) is 0 Å². The van der Waals surface area contributed by atoms with Crippen LogP contribution in [0.5, 0.6) is 0 Å². The quantitative estimate of drug-likeness (QED) is 0.547. The third-order valence-corrected chi connectivity index (χ3v) is 3.93. The summed E-state index contributed by atoms with van der Waals surface area (Å²) in [5.74, 6) is 1.82. The lowest BCUT2D eigenvalue weighted by Crippen LogP contribution is -1.97. The largest absolute Gasteiger partial charge is 0.312 e. The van der Waals surface area contributed by atoms with Crippen molar-refractivity contribution in [2.75, 3.05) is 5.75 Å². The monoisotopic (exact) mass is 285 g/mol. The molecule has 0 amide bonds. The number of hydrogen-bond donors (Lipinski definition) is 0. The SMILES string of the molecule is CCSc1ncncc1-c1nc2cc(C)cnc2n1C. The summed E-state index contributed by atoms with van der Waals surface area (Å²) >= 11 is 1.69. The second-order valence-electron chi connectivity index (χ2n) is 4.52. The van der Waals surface area contributed by atoms with Crippen molar-refractivity contribution in [2.45, 2.75) is 18.9 Å². The number of imidazole rings is 1. The van der Waals surface area contributed by atoms with Gasteiger partial charge in [-0.2, -0.15) is 0 Å². The summed E-state index contributed by atoms with van der Waals surface area (Å²) in [7, 11) is 1.97. The van der Waals surface area contributed by atoms with E-state index < -0.39 is 0 Å². The minimum atomic E-state index is 0.856. The Hall–Kier alpha value is -1.95. The van der Waals surface area contributed by atoms with E-state index in [1.165, 1.54) is 0 Å². The van der Waals surface area contributed by atoms with Crippen LogP contribution in [-0.2, 0) is 7.05 Å². The molecule has 3 rings (SSSR count). The van der Waals surface area contributed by atoms with Gasteiger partial charge in [-0.15, -0.1) is 11.8 Å². The fraction of sp³-hybridized carbons (Fsp3) is 0.286. The van der Waals surface area contributed by atoms with Crippen LogP contribution in [0.2, 0.25) is 0 Å². The molecule has 3 aromatic heterocycles. The molecule has 0 aliphatic carbocycles. The molecule has 0 N–H and O–H groups in total. The molecule has 0 aliphatic heterocycles. The van der Waals surface area contributed by atoms with E-state index >= 15 is 0 Å². The van der Waals surface area contributed by atoms with Crippen molar-refractivity contribution >= 4 is 22.9 Å². The van der Waals surface area contributed by atoms with E-state index in [0.717, 1.165) is 38.9 Å². The summed E-state index contributed by atoms with van der Waals surface area (Å²) in [4.78, 5) is 17.6. The van der Waals surface area contributed by atoms with Gasteiger partial charge in [-0.1, -0.05) is 6.92 Å². The van der Waals surface area contributed by atoms with Crippen molar-refractivity contribution < 1.29 is 0 Å². The highest BCUT2D eigenvalue weighted by Crippen LogP contribution is 2.29. The lowest BCUT2D eigenvalue weighted by molar-refractivity contribution is 0.923. The number of rotatable bonds is 3. The Labute approximate surface area is 121 Å². The van der Waals surface area contributed by atoms with Crippen LogP contribution in [0.1, 0.15) is 12.5 Å². The topological polar surface area (TPSA) is 56.5 Å². The molecule has 0 aromatic carbocycles. The van der Waals surface area contributed by atoms with Gasteiger partial charge in [0.2, 0.25) is 0 Å². The van der Waals surface area contributed by atoms with Crippen LogP contribution in [0.3, 0.4) is 0 Å². The molecule has 102 valence electrons. The van der Waals surface area contributed by atoms with Gasteiger partial charge >= 0.3 is 0 Å². The van der Waals surface area contributed by atoms with Crippen LogP contribution < -0.4 is 0 Å². The van der Waals surface area contributed by atoms with Crippen molar-refractivity contribution in [1.82, 2.24) is 24.5 Å². The normalized spacial score (nSPS) is 11.2. The van der Waals surface area contributed by atoms with Crippen molar-refractivity contribution in [2.24, 2.45) is 7.05 Å². The Balaban J connectivity index is 2.22. The van der Waals surface area contributed by atoms with E-state index in [0.29, 0.717) is 0 Å². The summed E-state index contributed by atoms with van der Waals surface area (Å²) in [6.45, 7) is 4.13. The molecule has 0 atom stereocenters. The zero-order valence-corrected chi connectivity index (χ0v) is 12.5. The first-order valence-corrected chi connectivity index (χ1v) is 7.41. The second-order valence-corrected chi connectivity index (χ2v) is 5.78. The zero-order valence-electron chi connectivity index (χ0n) is 11.7. The summed E-state index contributed by atoms with van der Waals surface area (Å²) in [6.07, 6.45) is 5.25. The first-order chi connectivity index (χ1) is 9.70. The average molecular weight is 285 g/mol. The average Bonchev–Trinajstić information content (AvgIpc) is 2.76. The zero-order chi connectivity index (χ0) is 14.1. The molecule has 0 saturated heterocycles. The third-order valence-electron chi connectivity index (χ3n) is 3.04. The van der Waals surface area contributed by atoms with Gasteiger partial charge in [0, 0.05) is 19.4 Å². The smallest absolute Gasteiger partial charge is 0.160 e. The number of aryl methyl sites for hydroxylation is 2. The number of nitrogens with zero attached hydrogens (tertiary/aromatic N) is 5. The summed E-state index contributed by atoms with van der Waals surface area (Å²) in [5, 5.41) is 0.956. The standard InChI is InChI=1S/C14H15N5S/c1-4-20-14-10(7-15-8-17-14)12-18-11-5-9(2)6-16-13(11)19(12)3/h5-8H,4H2,1-3H3. The van der Waals surface area contributed by atoms with Gasteiger partial charge in [0.15, 0.2) is 5.65 Å². The van der Waals surface area contributed by atoms with Gasteiger partial charge < -0.3 is 4.57 Å². The molecule has 0 unspecified atom stereocenters. The highest BCUT2D eigenvalue weighted by atomic mass is 32.2. The van der Waals surface area contributed by atoms with E-state index in [1.807, 2.05) is 37.0 Å². The Morgan fingerprint density at radius 1 is 1.25 bits per heavy atom. The Bertz CT molecular complexity index is 765.